The summed E-state index contributed by atoms with van der Waals surface area (Å²) in [5, 5.41) is 25.1. The fourth-order valence-corrected chi connectivity index (χ4v) is 6.41. The highest BCUT2D eigenvalue weighted by molar-refractivity contribution is 7.89. The highest BCUT2D eigenvalue weighted by atomic mass is 32.2. The molecule has 0 aromatic heterocycles. The van der Waals surface area contributed by atoms with E-state index in [1.54, 1.807) is 44.2 Å². The molecule has 0 bridgehead atoms. The number of nitrogens with one attached hydrogen (secondary N) is 1. The largest absolute Gasteiger partial charge is 0.434 e. The summed E-state index contributed by atoms with van der Waals surface area (Å²) in [6.45, 7) is 2.78. The van der Waals surface area contributed by atoms with E-state index in [-0.39, 0.29) is 41.7 Å². The van der Waals surface area contributed by atoms with Gasteiger partial charge in [0.2, 0.25) is 10.0 Å². The minimum atomic E-state index is -4.23. The first-order valence-electron chi connectivity index (χ1n) is 14.0. The lowest BCUT2D eigenvalue weighted by Crippen LogP contribution is -2.53. The standard InChI is InChI=1S/C30H32F2N4O8S/c1-19(2)16-34(45(42,43)23-11-8-21(9-12-23)36(40)41)17-27(37)26(14-20-6-4-3-5-7-20)33-29(38)28-18-35(30(39)44-28)22-10-13-24(31)25(32)15-22/h3-13,15,19,26-28,37H,14,16-18H2,1-2H3,(H,33,38)/t26-,27+,28-/m0/s1. The Morgan fingerprint density at radius 2 is 1.76 bits per heavy atom. The molecule has 2 amide bonds. The number of halogens is 2. The van der Waals surface area contributed by atoms with Crippen LogP contribution in [0.5, 0.6) is 0 Å². The Labute approximate surface area is 258 Å². The molecule has 0 aliphatic carbocycles. The number of aliphatic hydroxyl groups excluding tert-OH is 1. The van der Waals surface area contributed by atoms with Gasteiger partial charge in [0.05, 0.1) is 34.2 Å². The minimum Gasteiger partial charge on any atom is -0.434 e. The second-order valence-electron chi connectivity index (χ2n) is 10.9. The molecule has 1 fully saturated rings. The van der Waals surface area contributed by atoms with Crippen LogP contribution in [0.3, 0.4) is 0 Å². The number of anilines is 1. The van der Waals surface area contributed by atoms with E-state index in [9.17, 15) is 42.0 Å². The van der Waals surface area contributed by atoms with E-state index < -0.39 is 63.4 Å². The van der Waals surface area contributed by atoms with Gasteiger partial charge in [-0.2, -0.15) is 4.31 Å². The predicted molar refractivity (Wildman–Crippen MR) is 159 cm³/mol. The lowest BCUT2D eigenvalue weighted by molar-refractivity contribution is -0.384. The van der Waals surface area contributed by atoms with E-state index in [1.165, 1.54) is 0 Å². The third kappa shape index (κ3) is 8.17. The topological polar surface area (TPSA) is 159 Å². The third-order valence-electron chi connectivity index (χ3n) is 7.05. The molecule has 4 rings (SSSR count). The van der Waals surface area contributed by atoms with Gasteiger partial charge in [0.15, 0.2) is 17.7 Å². The van der Waals surface area contributed by atoms with Crippen molar-refractivity contribution in [3.05, 3.63) is 100 Å². The second-order valence-corrected chi connectivity index (χ2v) is 12.9. The number of nitrogens with zero attached hydrogens (tertiary/aromatic N) is 3. The zero-order valence-electron chi connectivity index (χ0n) is 24.4. The van der Waals surface area contributed by atoms with Crippen molar-refractivity contribution >= 4 is 33.4 Å². The number of sulfonamides is 1. The van der Waals surface area contributed by atoms with Gasteiger partial charge in [0, 0.05) is 31.3 Å². The van der Waals surface area contributed by atoms with E-state index in [4.69, 9.17) is 4.74 Å². The predicted octanol–water partition coefficient (Wildman–Crippen LogP) is 3.63. The van der Waals surface area contributed by atoms with E-state index >= 15 is 0 Å². The lowest BCUT2D eigenvalue weighted by Gasteiger charge is -2.31. The summed E-state index contributed by atoms with van der Waals surface area (Å²) < 4.78 is 60.6. The van der Waals surface area contributed by atoms with Crippen LogP contribution in [-0.4, -0.2) is 72.6 Å². The van der Waals surface area contributed by atoms with Crippen LogP contribution < -0.4 is 10.2 Å². The summed E-state index contributed by atoms with van der Waals surface area (Å²) in [4.78, 5) is 37.0. The average Bonchev–Trinajstić information content (AvgIpc) is 3.39. The third-order valence-corrected chi connectivity index (χ3v) is 8.90. The van der Waals surface area contributed by atoms with Crippen LogP contribution in [0.15, 0.2) is 77.7 Å². The minimum absolute atomic E-state index is 0.00812. The Morgan fingerprint density at radius 3 is 2.36 bits per heavy atom. The number of non-ortho nitro benzene ring substituents is 1. The van der Waals surface area contributed by atoms with Crippen LogP contribution in [0.25, 0.3) is 0 Å². The van der Waals surface area contributed by atoms with Crippen molar-refractivity contribution in [3.63, 3.8) is 0 Å². The number of benzene rings is 3. The number of aliphatic hydroxyl groups is 1. The highest BCUT2D eigenvalue weighted by Gasteiger charge is 2.39. The Morgan fingerprint density at radius 1 is 1.09 bits per heavy atom. The van der Waals surface area contributed by atoms with Crippen molar-refractivity contribution in [1.29, 1.82) is 0 Å². The number of nitro benzene ring substituents is 1. The monoisotopic (exact) mass is 646 g/mol. The van der Waals surface area contributed by atoms with Gasteiger partial charge in [0.1, 0.15) is 0 Å². The van der Waals surface area contributed by atoms with Crippen molar-refractivity contribution in [3.8, 4) is 0 Å². The Bertz CT molecular complexity index is 1640. The quantitative estimate of drug-likeness (QED) is 0.210. The Balaban J connectivity index is 1.55. The molecule has 0 radical (unpaired) electrons. The summed E-state index contributed by atoms with van der Waals surface area (Å²) in [5.41, 5.74) is 0.406. The van der Waals surface area contributed by atoms with Crippen LogP contribution in [0.4, 0.5) is 25.0 Å². The first-order valence-corrected chi connectivity index (χ1v) is 15.4. The first-order chi connectivity index (χ1) is 21.3. The van der Waals surface area contributed by atoms with E-state index in [0.29, 0.717) is 5.56 Å². The molecule has 3 aromatic carbocycles. The Hall–Kier alpha value is -4.47. The summed E-state index contributed by atoms with van der Waals surface area (Å²) in [6.07, 6.45) is -3.71. The number of carbonyl (C=O) groups is 2. The highest BCUT2D eigenvalue weighted by Crippen LogP contribution is 2.25. The van der Waals surface area contributed by atoms with Gasteiger partial charge in [-0.05, 0) is 42.2 Å². The smallest absolute Gasteiger partial charge is 0.415 e. The second kappa shape index (κ2) is 14.1. The molecule has 1 saturated heterocycles. The maximum Gasteiger partial charge on any atom is 0.415 e. The number of amides is 2. The molecule has 15 heteroatoms. The number of ether oxygens (including phenoxy) is 1. The molecule has 0 saturated carbocycles. The molecular formula is C30H32F2N4O8S. The van der Waals surface area contributed by atoms with Gasteiger partial charge in [-0.3, -0.25) is 19.8 Å². The molecule has 3 atom stereocenters. The van der Waals surface area contributed by atoms with Crippen LogP contribution in [0.1, 0.15) is 19.4 Å². The van der Waals surface area contributed by atoms with Gasteiger partial charge in [-0.25, -0.2) is 22.0 Å². The molecule has 2 N–H and O–H groups in total. The SMILES string of the molecule is CC(C)CN(C[C@@H](O)[C@H](Cc1ccccc1)NC(=O)[C@@H]1CN(c2ccc(F)c(F)c2)C(=O)O1)S(=O)(=O)c1ccc([N+](=O)[O-])cc1. The molecule has 3 aromatic rings. The summed E-state index contributed by atoms with van der Waals surface area (Å²) in [5.74, 6) is -3.26. The number of carbonyl (C=O) groups excluding carboxylic acids is 2. The van der Waals surface area contributed by atoms with Gasteiger partial charge in [0.25, 0.3) is 11.6 Å². The maximum absolute atomic E-state index is 13.8. The van der Waals surface area contributed by atoms with Crippen LogP contribution >= 0.6 is 0 Å². The molecule has 1 aliphatic rings. The molecule has 1 aliphatic heterocycles. The fourth-order valence-electron chi connectivity index (χ4n) is 4.79. The number of hydrogen-bond donors (Lipinski definition) is 2. The zero-order valence-corrected chi connectivity index (χ0v) is 25.2. The lowest BCUT2D eigenvalue weighted by atomic mass is 10.0. The summed E-state index contributed by atoms with van der Waals surface area (Å²) in [6, 6.07) is 14.9. The molecule has 45 heavy (non-hydrogen) atoms. The fraction of sp³-hybridized carbons (Fsp3) is 0.333. The van der Waals surface area contributed by atoms with E-state index in [2.05, 4.69) is 5.32 Å². The summed E-state index contributed by atoms with van der Waals surface area (Å²) in [7, 11) is -4.23. The van der Waals surface area contributed by atoms with Gasteiger partial charge in [-0.1, -0.05) is 44.2 Å². The van der Waals surface area contributed by atoms with Crippen molar-refractivity contribution in [1.82, 2.24) is 9.62 Å². The van der Waals surface area contributed by atoms with Gasteiger partial charge < -0.3 is 15.2 Å². The molecule has 1 heterocycles. The number of nitro groups is 1. The van der Waals surface area contributed by atoms with Gasteiger partial charge in [-0.15, -0.1) is 0 Å². The van der Waals surface area contributed by atoms with E-state index in [1.807, 2.05) is 0 Å². The van der Waals surface area contributed by atoms with E-state index in [0.717, 1.165) is 51.7 Å². The van der Waals surface area contributed by atoms with Crippen molar-refractivity contribution in [2.24, 2.45) is 5.92 Å². The number of rotatable bonds is 13. The van der Waals surface area contributed by atoms with Crippen molar-refractivity contribution < 1.29 is 41.6 Å². The Kier molecular flexibility index (Phi) is 10.5. The molecule has 240 valence electrons. The average molecular weight is 647 g/mol. The first kappa shape index (κ1) is 33.4. The van der Waals surface area contributed by atoms with Crippen LogP contribution in [0.2, 0.25) is 0 Å². The van der Waals surface area contributed by atoms with Crippen molar-refractivity contribution in [2.45, 2.75) is 43.4 Å². The maximum atomic E-state index is 13.8. The zero-order chi connectivity index (χ0) is 32.9. The number of hydrogen-bond acceptors (Lipinski definition) is 8. The van der Waals surface area contributed by atoms with Crippen LogP contribution in [-0.2, 0) is 26.0 Å². The molecule has 12 nitrogen and oxygen atoms in total. The number of cyclic esters (lactones) is 1. The van der Waals surface area contributed by atoms with Crippen LogP contribution in [0, 0.1) is 27.7 Å². The molecule has 0 spiro atoms. The van der Waals surface area contributed by atoms with Crippen molar-refractivity contribution in [2.75, 3.05) is 24.5 Å². The summed E-state index contributed by atoms with van der Waals surface area (Å²) >= 11 is 0. The molecular weight excluding hydrogens is 614 g/mol. The van der Waals surface area contributed by atoms with Gasteiger partial charge >= 0.3 is 6.09 Å². The molecule has 0 unspecified atom stereocenters. The normalized spacial score (nSPS) is 16.5.